The molecule has 0 atom stereocenters. The first kappa shape index (κ1) is 44.8. The molecule has 4 nitrogen and oxygen atoms in total. The van der Waals surface area contributed by atoms with Gasteiger partial charge >= 0.3 is 0 Å². The Labute approximate surface area is 260 Å². The van der Waals surface area contributed by atoms with Crippen molar-refractivity contribution in [2.45, 2.75) is 195 Å². The van der Waals surface area contributed by atoms with Gasteiger partial charge in [0.25, 0.3) is 6.47 Å². The third kappa shape index (κ3) is 52.5. The first-order valence-electron chi connectivity index (χ1n) is 18.4. The average Bonchev–Trinajstić information content (AvgIpc) is 2.98. The van der Waals surface area contributed by atoms with Crippen molar-refractivity contribution in [1.82, 2.24) is 4.90 Å². The van der Waals surface area contributed by atoms with Crippen LogP contribution in [0.3, 0.4) is 0 Å². The third-order valence-corrected chi connectivity index (χ3v) is 7.75. The summed E-state index contributed by atoms with van der Waals surface area (Å²) in [6.45, 7) is 12.4. The minimum absolute atomic E-state index is 0.448. The Morgan fingerprint density at radius 3 is 0.902 bits per heavy atom. The Morgan fingerprint density at radius 2 is 0.683 bits per heavy atom. The highest BCUT2D eigenvalue weighted by atomic mass is 16.5. The summed E-state index contributed by atoms with van der Waals surface area (Å²) >= 11 is 0. The number of nitrogens with zero attached hydrogens (tertiary/aromatic N) is 1. The summed E-state index contributed by atoms with van der Waals surface area (Å²) in [5.74, 6) is 0. The molecule has 0 aliphatic rings. The second-order valence-corrected chi connectivity index (χ2v) is 12.0. The Morgan fingerprint density at radius 1 is 0.439 bits per heavy atom. The van der Waals surface area contributed by atoms with Crippen LogP contribution in [0.5, 0.6) is 0 Å². The normalized spacial score (nSPS) is 10.6. The van der Waals surface area contributed by atoms with Crippen molar-refractivity contribution in [2.24, 2.45) is 0 Å². The second kappa shape index (κ2) is 46.4. The van der Waals surface area contributed by atoms with Gasteiger partial charge in [-0.25, -0.2) is 0 Å². The number of carbonyl (C=O) groups is 1. The number of rotatable bonds is 31. The van der Waals surface area contributed by atoms with Crippen molar-refractivity contribution >= 4 is 6.47 Å². The van der Waals surface area contributed by atoms with Crippen molar-refractivity contribution in [3.63, 3.8) is 0 Å². The second-order valence-electron chi connectivity index (χ2n) is 12.0. The van der Waals surface area contributed by atoms with E-state index < -0.39 is 0 Å². The predicted molar refractivity (Wildman–Crippen MR) is 184 cm³/mol. The van der Waals surface area contributed by atoms with Crippen LogP contribution in [-0.2, 0) is 14.3 Å². The van der Waals surface area contributed by atoms with Crippen LogP contribution >= 0.6 is 0 Å². The van der Waals surface area contributed by atoms with Crippen molar-refractivity contribution in [1.29, 1.82) is 0 Å². The summed E-state index contributed by atoms with van der Waals surface area (Å²) in [5.41, 5.74) is 0. The molecule has 0 bridgehead atoms. The van der Waals surface area contributed by atoms with E-state index >= 15 is 0 Å². The molecule has 0 fully saturated rings. The highest BCUT2D eigenvalue weighted by molar-refractivity contribution is 5.36. The monoisotopic (exact) mass is 586 g/mol. The fourth-order valence-electron chi connectivity index (χ4n) is 4.80. The zero-order valence-corrected chi connectivity index (χ0v) is 29.5. The van der Waals surface area contributed by atoms with Crippen LogP contribution in [0.15, 0.2) is 0 Å². The van der Waals surface area contributed by atoms with Crippen molar-refractivity contribution in [3.8, 4) is 0 Å². The molecule has 4 heteroatoms. The zero-order valence-electron chi connectivity index (χ0n) is 29.5. The van der Waals surface area contributed by atoms with Crippen molar-refractivity contribution in [3.05, 3.63) is 0 Å². The molecule has 0 aromatic rings. The van der Waals surface area contributed by atoms with Crippen LogP contribution in [0.25, 0.3) is 0 Å². The third-order valence-electron chi connectivity index (χ3n) is 7.75. The largest absolute Gasteiger partial charge is 0.467 e. The quantitative estimate of drug-likeness (QED) is 0.0599. The Kier molecular flexibility index (Phi) is 50.7. The van der Waals surface area contributed by atoms with Gasteiger partial charge in [0.15, 0.2) is 0 Å². The van der Waals surface area contributed by atoms with E-state index in [1.54, 1.807) is 7.11 Å². The summed E-state index contributed by atoms with van der Waals surface area (Å²) in [4.78, 5) is 11.8. The van der Waals surface area contributed by atoms with E-state index in [9.17, 15) is 4.79 Å². The molecular formula is C37H79NO3. The summed E-state index contributed by atoms with van der Waals surface area (Å²) < 4.78 is 9.39. The number of carbonyl (C=O) groups excluding carboxylic acids is 1. The topological polar surface area (TPSA) is 38.8 Å². The van der Waals surface area contributed by atoms with Gasteiger partial charge in [-0.15, -0.1) is 0 Å². The molecule has 41 heavy (non-hydrogen) atoms. The van der Waals surface area contributed by atoms with E-state index in [2.05, 4.69) is 32.4 Å². The lowest BCUT2D eigenvalue weighted by Crippen LogP contribution is -2.26. The molecule has 0 spiro atoms. The van der Waals surface area contributed by atoms with Gasteiger partial charge in [0.05, 0.1) is 6.61 Å². The minimum atomic E-state index is 0.448. The molecule has 0 aliphatic carbocycles. The van der Waals surface area contributed by atoms with Gasteiger partial charge in [-0.1, -0.05) is 195 Å². The first-order valence-corrected chi connectivity index (χ1v) is 18.4. The van der Waals surface area contributed by atoms with E-state index in [0.717, 1.165) is 13.1 Å². The maximum atomic E-state index is 9.73. The van der Waals surface area contributed by atoms with E-state index in [1.165, 1.54) is 167 Å². The van der Waals surface area contributed by atoms with Gasteiger partial charge < -0.3 is 14.4 Å². The molecule has 0 aliphatic heterocycles. The van der Waals surface area contributed by atoms with Crippen LogP contribution in [0.2, 0.25) is 0 Å². The van der Waals surface area contributed by atoms with Gasteiger partial charge in [0, 0.05) is 20.2 Å². The molecular weight excluding hydrogens is 506 g/mol. The van der Waals surface area contributed by atoms with Crippen molar-refractivity contribution in [2.75, 3.05) is 40.5 Å². The highest BCUT2D eigenvalue weighted by Crippen LogP contribution is 2.13. The number of hydrogen-bond donors (Lipinski definition) is 0. The lowest BCUT2D eigenvalue weighted by molar-refractivity contribution is -0.129. The SMILES string of the molecule is CCCCCCCCCCCCCC.CCCCCCCCCCCCCCCC.COCCN(C)CCOC=O. The predicted octanol–water partition coefficient (Wildman–Crippen LogP) is 11.9. The molecule has 0 saturated heterocycles. The number of likely N-dealkylation sites (N-methyl/N-ethyl adjacent to an activating group) is 1. The fraction of sp³-hybridized carbons (Fsp3) is 0.973. The number of methoxy groups -OCH3 is 1. The molecule has 0 N–H and O–H groups in total. The van der Waals surface area contributed by atoms with Crippen LogP contribution in [-0.4, -0.2) is 51.8 Å². The average molecular weight is 586 g/mol. The lowest BCUT2D eigenvalue weighted by Gasteiger charge is -2.14. The molecule has 0 amide bonds. The summed E-state index contributed by atoms with van der Waals surface area (Å²) in [5, 5.41) is 0. The summed E-state index contributed by atoms with van der Waals surface area (Å²) in [7, 11) is 3.61. The van der Waals surface area contributed by atoms with E-state index in [0.29, 0.717) is 19.7 Å². The van der Waals surface area contributed by atoms with Gasteiger partial charge in [0.2, 0.25) is 0 Å². The Hall–Kier alpha value is -0.610. The first-order chi connectivity index (χ1) is 20.1. The number of ether oxygens (including phenoxy) is 2. The smallest absolute Gasteiger partial charge is 0.293 e. The summed E-state index contributed by atoms with van der Waals surface area (Å²) in [6.07, 6.45) is 37.8. The molecule has 0 radical (unpaired) electrons. The minimum Gasteiger partial charge on any atom is -0.467 e. The van der Waals surface area contributed by atoms with E-state index in [4.69, 9.17) is 4.74 Å². The molecule has 0 aromatic heterocycles. The lowest BCUT2D eigenvalue weighted by atomic mass is 10.0. The maximum absolute atomic E-state index is 9.73. The van der Waals surface area contributed by atoms with Gasteiger partial charge in [-0.05, 0) is 7.05 Å². The Bertz CT molecular complexity index is 393. The number of hydrogen-bond acceptors (Lipinski definition) is 4. The van der Waals surface area contributed by atoms with Crippen LogP contribution in [0.4, 0.5) is 0 Å². The Balaban J connectivity index is -0.000000538. The molecule has 0 rings (SSSR count). The molecule has 0 heterocycles. The molecule has 0 saturated carbocycles. The standard InChI is InChI=1S/C16H34.C14H30.C7H15NO3/c1-3-5-7-9-11-13-15-16-14-12-10-8-6-4-2;1-3-5-7-9-11-13-14-12-10-8-6-4-2;1-8(3-5-10-2)4-6-11-7-9/h3-16H2,1-2H3;3-14H2,1-2H3;7H,3-6H2,1-2H3. The highest BCUT2D eigenvalue weighted by Gasteiger charge is 1.96. The number of unbranched alkanes of at least 4 members (excludes halogenated alkanes) is 24. The van der Waals surface area contributed by atoms with E-state index in [-0.39, 0.29) is 0 Å². The van der Waals surface area contributed by atoms with E-state index in [1.807, 2.05) is 11.9 Å². The molecule has 0 unspecified atom stereocenters. The van der Waals surface area contributed by atoms with Gasteiger partial charge in [-0.3, -0.25) is 4.79 Å². The van der Waals surface area contributed by atoms with Crippen LogP contribution < -0.4 is 0 Å². The maximum Gasteiger partial charge on any atom is 0.293 e. The van der Waals surface area contributed by atoms with Gasteiger partial charge in [-0.2, -0.15) is 0 Å². The summed E-state index contributed by atoms with van der Waals surface area (Å²) in [6, 6.07) is 0. The van der Waals surface area contributed by atoms with Gasteiger partial charge in [0.1, 0.15) is 6.61 Å². The zero-order chi connectivity index (χ0) is 30.9. The van der Waals surface area contributed by atoms with Crippen molar-refractivity contribution < 1.29 is 14.3 Å². The van der Waals surface area contributed by atoms with Crippen LogP contribution in [0, 0.1) is 0 Å². The van der Waals surface area contributed by atoms with Crippen LogP contribution in [0.1, 0.15) is 195 Å². The fourth-order valence-corrected chi connectivity index (χ4v) is 4.80. The molecule has 0 aromatic carbocycles. The molecule has 250 valence electrons.